The molecule has 0 saturated carbocycles. The van der Waals surface area contributed by atoms with Crippen molar-refractivity contribution in [1.29, 1.82) is 0 Å². The van der Waals surface area contributed by atoms with Gasteiger partial charge in [-0.1, -0.05) is 36.7 Å². The highest BCUT2D eigenvalue weighted by Gasteiger charge is 2.14. The molecular weight excluding hydrogens is 367 g/mol. The molecule has 0 amide bonds. The fraction of sp³-hybridized carbons (Fsp3) is 0.250. The van der Waals surface area contributed by atoms with Crippen LogP contribution in [-0.4, -0.2) is 16.4 Å². The summed E-state index contributed by atoms with van der Waals surface area (Å²) in [5, 5.41) is 4.38. The summed E-state index contributed by atoms with van der Waals surface area (Å²) in [6, 6.07) is 9.21. The summed E-state index contributed by atoms with van der Waals surface area (Å²) >= 11 is 12.3. The quantitative estimate of drug-likeness (QED) is 0.606. The largest absolute Gasteiger partial charge is 0.401 e. The summed E-state index contributed by atoms with van der Waals surface area (Å²) in [6.07, 6.45) is 2.73. The minimum absolute atomic E-state index is 0.515. The second-order valence-electron chi connectivity index (χ2n) is 6.05. The monoisotopic (exact) mass is 390 g/mol. The minimum Gasteiger partial charge on any atom is -0.401 e. The number of allylic oxidation sites excluding steroid dienone is 2. The second-order valence-corrected chi connectivity index (χ2v) is 6.90. The number of hydrogen-bond donors (Lipinski definition) is 2. The summed E-state index contributed by atoms with van der Waals surface area (Å²) in [7, 11) is 0. The van der Waals surface area contributed by atoms with E-state index in [1.807, 2.05) is 32.0 Å². The molecule has 26 heavy (non-hydrogen) atoms. The minimum atomic E-state index is 0.515. The molecule has 0 fully saturated rings. The Labute approximate surface area is 165 Å². The first-order valence-electron chi connectivity index (χ1n) is 8.41. The molecule has 0 aliphatic heterocycles. The maximum Gasteiger partial charge on any atom is 0.149 e. The van der Waals surface area contributed by atoms with Crippen LogP contribution in [0.1, 0.15) is 32.8 Å². The zero-order valence-electron chi connectivity index (χ0n) is 15.3. The highest BCUT2D eigenvalue weighted by atomic mass is 35.5. The molecule has 0 radical (unpaired) electrons. The van der Waals surface area contributed by atoms with Crippen molar-refractivity contribution in [3.63, 3.8) is 0 Å². The van der Waals surface area contributed by atoms with E-state index in [9.17, 15) is 0 Å². The third kappa shape index (κ3) is 4.93. The van der Waals surface area contributed by atoms with Gasteiger partial charge >= 0.3 is 0 Å². The van der Waals surface area contributed by atoms with E-state index < -0.39 is 0 Å². The van der Waals surface area contributed by atoms with Crippen LogP contribution in [0.2, 0.25) is 10.0 Å². The summed E-state index contributed by atoms with van der Waals surface area (Å²) < 4.78 is 0. The maximum atomic E-state index is 6.43. The predicted molar refractivity (Wildman–Crippen MR) is 113 cm³/mol. The Morgan fingerprint density at radius 2 is 1.88 bits per heavy atom. The fourth-order valence-corrected chi connectivity index (χ4v) is 2.79. The molecule has 2 rings (SSSR count). The van der Waals surface area contributed by atoms with Crippen LogP contribution in [0.15, 0.2) is 54.5 Å². The Kier molecular flexibility index (Phi) is 6.95. The highest BCUT2D eigenvalue weighted by Crippen LogP contribution is 2.29. The molecule has 0 spiro atoms. The Hall–Kier alpha value is -2.17. The van der Waals surface area contributed by atoms with Crippen LogP contribution in [0, 0.1) is 0 Å². The average molecular weight is 391 g/mol. The van der Waals surface area contributed by atoms with E-state index in [-0.39, 0.29) is 0 Å². The van der Waals surface area contributed by atoms with E-state index in [1.54, 1.807) is 18.3 Å². The van der Waals surface area contributed by atoms with Crippen molar-refractivity contribution in [3.8, 4) is 0 Å². The van der Waals surface area contributed by atoms with Gasteiger partial charge in [0.15, 0.2) is 0 Å². The Balaban J connectivity index is 2.25. The SMILES string of the molecule is C=C(c1cnc(Nc2ccc(Cl)cc2)c(Cl)c1)N(CCC)/C(C)=C(/C)N. The molecule has 2 aromatic rings. The van der Waals surface area contributed by atoms with Gasteiger partial charge in [-0.25, -0.2) is 4.98 Å². The first-order chi connectivity index (χ1) is 12.3. The Morgan fingerprint density at radius 1 is 1.23 bits per heavy atom. The van der Waals surface area contributed by atoms with E-state index >= 15 is 0 Å². The van der Waals surface area contributed by atoms with Gasteiger partial charge in [-0.3, -0.25) is 0 Å². The van der Waals surface area contributed by atoms with Crippen molar-refractivity contribution in [2.45, 2.75) is 27.2 Å². The molecule has 0 atom stereocenters. The third-order valence-corrected chi connectivity index (χ3v) is 4.57. The zero-order valence-corrected chi connectivity index (χ0v) is 16.8. The van der Waals surface area contributed by atoms with Crippen molar-refractivity contribution < 1.29 is 0 Å². The number of aromatic nitrogens is 1. The summed E-state index contributed by atoms with van der Waals surface area (Å²) in [5.41, 5.74) is 10.3. The molecule has 6 heteroatoms. The second kappa shape index (κ2) is 8.97. The molecule has 1 heterocycles. The number of anilines is 2. The van der Waals surface area contributed by atoms with Gasteiger partial charge in [0.2, 0.25) is 0 Å². The number of nitrogens with two attached hydrogens (primary N) is 1. The molecule has 1 aromatic carbocycles. The van der Waals surface area contributed by atoms with Crippen molar-refractivity contribution >= 4 is 40.4 Å². The van der Waals surface area contributed by atoms with Crippen LogP contribution >= 0.6 is 23.2 Å². The zero-order chi connectivity index (χ0) is 19.3. The van der Waals surface area contributed by atoms with Gasteiger partial charge in [0, 0.05) is 46.1 Å². The van der Waals surface area contributed by atoms with E-state index in [0.29, 0.717) is 15.9 Å². The number of benzene rings is 1. The first kappa shape index (κ1) is 20.1. The van der Waals surface area contributed by atoms with Crippen LogP contribution in [-0.2, 0) is 0 Å². The number of nitrogens with zero attached hydrogens (tertiary/aromatic N) is 2. The standard InChI is InChI=1S/C20H24Cl2N4/c1-5-10-26(14(3)13(2)23)15(4)16-11-19(22)20(24-12-16)25-18-8-6-17(21)7-9-18/h6-9,11-12H,4-5,10,23H2,1-3H3,(H,24,25)/b14-13-. The fourth-order valence-electron chi connectivity index (χ4n) is 2.46. The van der Waals surface area contributed by atoms with Crippen LogP contribution in [0.4, 0.5) is 11.5 Å². The molecule has 0 aliphatic carbocycles. The number of rotatable bonds is 7. The van der Waals surface area contributed by atoms with Crippen molar-refractivity contribution in [2.24, 2.45) is 5.73 Å². The van der Waals surface area contributed by atoms with E-state index in [4.69, 9.17) is 28.9 Å². The Morgan fingerprint density at radius 3 is 2.42 bits per heavy atom. The van der Waals surface area contributed by atoms with Crippen LogP contribution in [0.3, 0.4) is 0 Å². The van der Waals surface area contributed by atoms with Crippen LogP contribution in [0.5, 0.6) is 0 Å². The average Bonchev–Trinajstić information content (AvgIpc) is 2.62. The number of hydrogen-bond acceptors (Lipinski definition) is 4. The lowest BCUT2D eigenvalue weighted by Crippen LogP contribution is -2.23. The molecule has 3 N–H and O–H groups in total. The molecule has 0 aliphatic rings. The normalized spacial score (nSPS) is 11.7. The Bertz CT molecular complexity index is 809. The van der Waals surface area contributed by atoms with Crippen molar-refractivity contribution in [1.82, 2.24) is 9.88 Å². The van der Waals surface area contributed by atoms with E-state index in [0.717, 1.165) is 41.3 Å². The lowest BCUT2D eigenvalue weighted by molar-refractivity contribution is 0.479. The summed E-state index contributed by atoms with van der Waals surface area (Å²) in [6.45, 7) is 11.0. The lowest BCUT2D eigenvalue weighted by Gasteiger charge is -2.28. The first-order valence-corrected chi connectivity index (χ1v) is 9.17. The van der Waals surface area contributed by atoms with Gasteiger partial charge in [-0.15, -0.1) is 0 Å². The topological polar surface area (TPSA) is 54.2 Å². The van der Waals surface area contributed by atoms with Crippen LogP contribution in [0.25, 0.3) is 5.70 Å². The van der Waals surface area contributed by atoms with Gasteiger partial charge < -0.3 is 16.0 Å². The highest BCUT2D eigenvalue weighted by molar-refractivity contribution is 6.33. The maximum absolute atomic E-state index is 6.43. The summed E-state index contributed by atoms with van der Waals surface area (Å²) in [4.78, 5) is 6.55. The van der Waals surface area contributed by atoms with Gasteiger partial charge in [0.05, 0.1) is 5.02 Å². The van der Waals surface area contributed by atoms with Gasteiger partial charge in [-0.05, 0) is 50.6 Å². The molecule has 0 saturated heterocycles. The number of halogens is 2. The predicted octanol–water partition coefficient (Wildman–Crippen LogP) is 6.02. The molecule has 1 aromatic heterocycles. The third-order valence-electron chi connectivity index (χ3n) is 4.03. The molecule has 4 nitrogen and oxygen atoms in total. The van der Waals surface area contributed by atoms with Gasteiger partial charge in [0.1, 0.15) is 5.82 Å². The summed E-state index contributed by atoms with van der Waals surface area (Å²) in [5.74, 6) is 0.579. The molecular formula is C20H24Cl2N4. The molecule has 0 bridgehead atoms. The van der Waals surface area contributed by atoms with E-state index in [1.165, 1.54) is 0 Å². The van der Waals surface area contributed by atoms with Crippen LogP contribution < -0.4 is 11.1 Å². The molecule has 0 unspecified atom stereocenters. The number of nitrogens with one attached hydrogen (secondary N) is 1. The van der Waals surface area contributed by atoms with Crippen molar-refractivity contribution in [3.05, 3.63) is 70.1 Å². The van der Waals surface area contributed by atoms with Gasteiger partial charge in [0.25, 0.3) is 0 Å². The van der Waals surface area contributed by atoms with Gasteiger partial charge in [-0.2, -0.15) is 0 Å². The van der Waals surface area contributed by atoms with E-state index in [2.05, 4.69) is 28.7 Å². The smallest absolute Gasteiger partial charge is 0.149 e. The lowest BCUT2D eigenvalue weighted by atomic mass is 10.1. The number of pyridine rings is 1. The molecule has 138 valence electrons. The van der Waals surface area contributed by atoms with Crippen molar-refractivity contribution in [2.75, 3.05) is 11.9 Å².